The summed E-state index contributed by atoms with van der Waals surface area (Å²) >= 11 is 0. The lowest BCUT2D eigenvalue weighted by molar-refractivity contribution is -0.122. The van der Waals surface area contributed by atoms with Crippen LogP contribution in [0, 0.1) is 27.7 Å². The van der Waals surface area contributed by atoms with Crippen LogP contribution in [0.25, 0.3) is 5.69 Å². The van der Waals surface area contributed by atoms with Crippen LogP contribution in [-0.2, 0) is 11.8 Å². The molecule has 0 bridgehead atoms. The van der Waals surface area contributed by atoms with E-state index in [9.17, 15) is 9.59 Å². The van der Waals surface area contributed by atoms with E-state index in [1.54, 1.807) is 25.6 Å². The molecular formula is C23H27N3O3. The molecule has 0 unspecified atom stereocenters. The maximum atomic E-state index is 13.0. The zero-order chi connectivity index (χ0) is 21.3. The average molecular weight is 393 g/mol. The molecule has 1 N–H and O–H groups in total. The van der Waals surface area contributed by atoms with Gasteiger partial charge in [0.15, 0.2) is 6.10 Å². The van der Waals surface area contributed by atoms with Gasteiger partial charge in [-0.15, -0.1) is 0 Å². The van der Waals surface area contributed by atoms with E-state index in [1.165, 1.54) is 4.68 Å². The maximum Gasteiger partial charge on any atom is 0.295 e. The first-order chi connectivity index (χ1) is 13.7. The van der Waals surface area contributed by atoms with Crippen molar-refractivity contribution in [1.82, 2.24) is 9.36 Å². The van der Waals surface area contributed by atoms with Crippen LogP contribution in [0.15, 0.2) is 47.3 Å². The van der Waals surface area contributed by atoms with Gasteiger partial charge in [0.05, 0.1) is 11.4 Å². The fourth-order valence-electron chi connectivity index (χ4n) is 3.30. The van der Waals surface area contributed by atoms with E-state index in [0.717, 1.165) is 22.4 Å². The number of anilines is 1. The van der Waals surface area contributed by atoms with Crippen molar-refractivity contribution in [1.29, 1.82) is 0 Å². The van der Waals surface area contributed by atoms with Crippen molar-refractivity contribution in [3.05, 3.63) is 75.2 Å². The number of nitrogens with one attached hydrogen (secondary N) is 1. The van der Waals surface area contributed by atoms with E-state index in [-0.39, 0.29) is 17.2 Å². The minimum atomic E-state index is -0.751. The third-order valence-corrected chi connectivity index (χ3v) is 5.24. The topological polar surface area (TPSA) is 65.3 Å². The Hall–Kier alpha value is -3.28. The largest absolute Gasteiger partial charge is 0.481 e. The molecule has 3 rings (SSSR count). The molecule has 0 fully saturated rings. The smallest absolute Gasteiger partial charge is 0.295 e. The SMILES string of the molecule is Cc1cc(C)c(C)c(O[C@H](C)C(=O)Nc2c(C)n(C)n(-c3ccccc3)c2=O)c1. The minimum absolute atomic E-state index is 0.258. The van der Waals surface area contributed by atoms with Gasteiger partial charge in [-0.05, 0) is 69.5 Å². The molecule has 6 nitrogen and oxygen atoms in total. The van der Waals surface area contributed by atoms with E-state index in [4.69, 9.17) is 4.74 Å². The highest BCUT2D eigenvalue weighted by molar-refractivity contribution is 5.94. The normalized spacial score (nSPS) is 11.9. The molecule has 2 aromatic carbocycles. The second-order valence-electron chi connectivity index (χ2n) is 7.39. The van der Waals surface area contributed by atoms with Gasteiger partial charge in [-0.25, -0.2) is 4.68 Å². The second-order valence-corrected chi connectivity index (χ2v) is 7.39. The summed E-state index contributed by atoms with van der Waals surface area (Å²) in [7, 11) is 1.79. The highest BCUT2D eigenvalue weighted by Gasteiger charge is 2.22. The summed E-state index contributed by atoms with van der Waals surface area (Å²) in [5.41, 5.74) is 4.56. The van der Waals surface area contributed by atoms with Crippen LogP contribution in [-0.4, -0.2) is 21.4 Å². The molecule has 152 valence electrons. The first-order valence-electron chi connectivity index (χ1n) is 9.60. The molecule has 0 radical (unpaired) electrons. The van der Waals surface area contributed by atoms with Crippen molar-refractivity contribution >= 4 is 11.6 Å². The van der Waals surface area contributed by atoms with Crippen molar-refractivity contribution in [3.8, 4) is 11.4 Å². The molecule has 1 aromatic heterocycles. The Bertz CT molecular complexity index is 1110. The van der Waals surface area contributed by atoms with Gasteiger partial charge in [0.2, 0.25) is 0 Å². The molecule has 6 heteroatoms. The number of aryl methyl sites for hydroxylation is 2. The number of amides is 1. The summed E-state index contributed by atoms with van der Waals surface area (Å²) in [4.78, 5) is 25.7. The molecule has 0 aliphatic rings. The van der Waals surface area contributed by atoms with Gasteiger partial charge < -0.3 is 10.1 Å². The number of carbonyl (C=O) groups is 1. The molecule has 0 saturated carbocycles. The molecule has 0 aliphatic carbocycles. The first-order valence-corrected chi connectivity index (χ1v) is 9.60. The molecule has 3 aromatic rings. The number of hydrogen-bond donors (Lipinski definition) is 1. The van der Waals surface area contributed by atoms with Gasteiger partial charge in [-0.3, -0.25) is 14.3 Å². The van der Waals surface area contributed by atoms with Gasteiger partial charge in [0, 0.05) is 7.05 Å². The number of carbonyl (C=O) groups excluding carboxylic acids is 1. The van der Waals surface area contributed by atoms with Crippen LogP contribution in [0.1, 0.15) is 29.3 Å². The standard InChI is InChI=1S/C23H27N3O3/c1-14-12-15(2)16(3)20(13-14)29-18(5)22(27)24-21-17(4)25(6)26(23(21)28)19-10-8-7-9-11-19/h7-13,18H,1-6H3,(H,24,27)/t18-/m1/s1. The maximum absolute atomic E-state index is 13.0. The fourth-order valence-corrected chi connectivity index (χ4v) is 3.30. The Morgan fingerprint density at radius 3 is 2.38 bits per heavy atom. The van der Waals surface area contributed by atoms with Gasteiger partial charge in [0.25, 0.3) is 11.5 Å². The van der Waals surface area contributed by atoms with E-state index < -0.39 is 6.10 Å². The van der Waals surface area contributed by atoms with Crippen molar-refractivity contribution in [2.24, 2.45) is 7.05 Å². The number of rotatable bonds is 5. The molecule has 1 heterocycles. The van der Waals surface area contributed by atoms with Crippen molar-refractivity contribution in [3.63, 3.8) is 0 Å². The molecular weight excluding hydrogens is 366 g/mol. The average Bonchev–Trinajstić information content (AvgIpc) is 2.89. The predicted molar refractivity (Wildman–Crippen MR) is 115 cm³/mol. The zero-order valence-corrected chi connectivity index (χ0v) is 17.7. The third-order valence-electron chi connectivity index (χ3n) is 5.24. The van der Waals surface area contributed by atoms with Gasteiger partial charge >= 0.3 is 0 Å². The quantitative estimate of drug-likeness (QED) is 0.717. The van der Waals surface area contributed by atoms with E-state index >= 15 is 0 Å². The van der Waals surface area contributed by atoms with E-state index in [0.29, 0.717) is 11.4 Å². The molecule has 29 heavy (non-hydrogen) atoms. The minimum Gasteiger partial charge on any atom is -0.481 e. The molecule has 0 aliphatic heterocycles. The van der Waals surface area contributed by atoms with Crippen LogP contribution >= 0.6 is 0 Å². The zero-order valence-electron chi connectivity index (χ0n) is 17.7. The number of para-hydroxylation sites is 1. The number of aromatic nitrogens is 2. The molecule has 1 atom stereocenters. The van der Waals surface area contributed by atoms with Gasteiger partial charge in [-0.2, -0.15) is 0 Å². The Balaban J connectivity index is 1.85. The van der Waals surface area contributed by atoms with E-state index in [2.05, 4.69) is 11.4 Å². The lowest BCUT2D eigenvalue weighted by atomic mass is 10.1. The lowest BCUT2D eigenvalue weighted by Gasteiger charge is -2.17. The van der Waals surface area contributed by atoms with Crippen molar-refractivity contribution in [2.45, 2.75) is 40.7 Å². The predicted octanol–water partition coefficient (Wildman–Crippen LogP) is 3.82. The first kappa shape index (κ1) is 20.5. The Morgan fingerprint density at radius 1 is 1.07 bits per heavy atom. The summed E-state index contributed by atoms with van der Waals surface area (Å²) in [5, 5.41) is 2.76. The van der Waals surface area contributed by atoms with Crippen LogP contribution in [0.4, 0.5) is 5.69 Å². The summed E-state index contributed by atoms with van der Waals surface area (Å²) in [6, 6.07) is 13.3. The number of ether oxygens (including phenoxy) is 1. The molecule has 0 spiro atoms. The van der Waals surface area contributed by atoms with Gasteiger partial charge in [0.1, 0.15) is 11.4 Å². The summed E-state index contributed by atoms with van der Waals surface area (Å²) in [5.74, 6) is 0.311. The van der Waals surface area contributed by atoms with Gasteiger partial charge in [-0.1, -0.05) is 24.3 Å². The highest BCUT2D eigenvalue weighted by atomic mass is 16.5. The Morgan fingerprint density at radius 2 is 1.72 bits per heavy atom. The fraction of sp³-hybridized carbons (Fsp3) is 0.304. The number of nitrogens with zero attached hydrogens (tertiary/aromatic N) is 2. The second kappa shape index (κ2) is 7.99. The summed E-state index contributed by atoms with van der Waals surface area (Å²) < 4.78 is 9.18. The molecule has 0 saturated heterocycles. The monoisotopic (exact) mass is 393 g/mol. The summed E-state index contributed by atoms with van der Waals surface area (Å²) in [6.45, 7) is 9.45. The lowest BCUT2D eigenvalue weighted by Crippen LogP contribution is -2.32. The van der Waals surface area contributed by atoms with Crippen molar-refractivity contribution in [2.75, 3.05) is 5.32 Å². The Labute approximate surface area is 170 Å². The van der Waals surface area contributed by atoms with E-state index in [1.807, 2.05) is 57.2 Å². The third kappa shape index (κ3) is 3.97. The summed E-state index contributed by atoms with van der Waals surface area (Å²) in [6.07, 6.45) is -0.751. The number of benzene rings is 2. The van der Waals surface area contributed by atoms with Crippen LogP contribution < -0.4 is 15.6 Å². The van der Waals surface area contributed by atoms with Crippen LogP contribution in [0.3, 0.4) is 0 Å². The van der Waals surface area contributed by atoms with Crippen molar-refractivity contribution < 1.29 is 9.53 Å². The highest BCUT2D eigenvalue weighted by Crippen LogP contribution is 2.24. The van der Waals surface area contributed by atoms with Crippen LogP contribution in [0.2, 0.25) is 0 Å². The van der Waals surface area contributed by atoms with Crippen LogP contribution in [0.5, 0.6) is 5.75 Å². The number of hydrogen-bond acceptors (Lipinski definition) is 3. The Kier molecular flexibility index (Phi) is 5.64. The molecule has 1 amide bonds.